The molecule has 2 aromatic rings. The molecule has 0 spiro atoms. The lowest BCUT2D eigenvalue weighted by Crippen LogP contribution is -2.35. The molecule has 0 bridgehead atoms. The molecule has 4 heteroatoms. The number of benzene rings is 2. The molecule has 1 aliphatic carbocycles. The summed E-state index contributed by atoms with van der Waals surface area (Å²) >= 11 is 0. The number of carbonyl (C=O) groups is 2. The van der Waals surface area contributed by atoms with Gasteiger partial charge in [0.2, 0.25) is 0 Å². The molecule has 0 saturated heterocycles. The number of hydrogen-bond donors (Lipinski definition) is 2. The van der Waals surface area contributed by atoms with Crippen LogP contribution in [-0.4, -0.2) is 24.9 Å². The Kier molecular flexibility index (Phi) is 8.22. The minimum atomic E-state index is -0.00501. The summed E-state index contributed by atoms with van der Waals surface area (Å²) in [6.45, 7) is 14.4. The van der Waals surface area contributed by atoms with Gasteiger partial charge in [0.1, 0.15) is 0 Å². The van der Waals surface area contributed by atoms with Crippen LogP contribution in [0, 0.1) is 11.8 Å². The molecule has 2 N–H and O–H groups in total. The van der Waals surface area contributed by atoms with Crippen molar-refractivity contribution in [1.82, 2.24) is 10.6 Å². The summed E-state index contributed by atoms with van der Waals surface area (Å²) in [6.07, 6.45) is 4.43. The maximum absolute atomic E-state index is 12.6. The number of hydrogen-bond acceptors (Lipinski definition) is 2. The summed E-state index contributed by atoms with van der Waals surface area (Å²) in [5.74, 6) is 0.906. The topological polar surface area (TPSA) is 58.2 Å². The van der Waals surface area contributed by atoms with E-state index in [1.54, 1.807) is 0 Å². The van der Waals surface area contributed by atoms with Gasteiger partial charge in [-0.3, -0.25) is 9.59 Å². The average Bonchev–Trinajstić information content (AvgIpc) is 2.80. The van der Waals surface area contributed by atoms with Crippen LogP contribution >= 0.6 is 0 Å². The third-order valence-electron chi connectivity index (χ3n) is 7.02. The molecular weight excluding hydrogens is 420 g/mol. The summed E-state index contributed by atoms with van der Waals surface area (Å²) in [4.78, 5) is 25.2. The number of rotatable bonds is 6. The van der Waals surface area contributed by atoms with Crippen molar-refractivity contribution in [3.63, 3.8) is 0 Å². The lowest BCUT2D eigenvalue weighted by molar-refractivity contribution is 0.0935. The molecule has 3 rings (SSSR count). The van der Waals surface area contributed by atoms with Crippen molar-refractivity contribution < 1.29 is 9.59 Å². The second kappa shape index (κ2) is 10.8. The van der Waals surface area contributed by atoms with E-state index in [0.29, 0.717) is 36.1 Å². The summed E-state index contributed by atoms with van der Waals surface area (Å²) in [7, 11) is 0. The molecule has 0 unspecified atom stereocenters. The molecule has 1 saturated carbocycles. The van der Waals surface area contributed by atoms with Crippen molar-refractivity contribution in [3.05, 3.63) is 70.8 Å². The van der Waals surface area contributed by atoms with Gasteiger partial charge in [0, 0.05) is 24.2 Å². The van der Waals surface area contributed by atoms with Gasteiger partial charge in [0.05, 0.1) is 0 Å². The first-order valence-electron chi connectivity index (χ1n) is 12.7. The largest absolute Gasteiger partial charge is 0.352 e. The molecule has 2 aromatic carbocycles. The van der Waals surface area contributed by atoms with E-state index in [2.05, 4.69) is 52.2 Å². The van der Waals surface area contributed by atoms with Gasteiger partial charge < -0.3 is 10.6 Å². The highest BCUT2D eigenvalue weighted by atomic mass is 16.2. The predicted molar refractivity (Wildman–Crippen MR) is 140 cm³/mol. The van der Waals surface area contributed by atoms with E-state index in [1.165, 1.54) is 11.1 Å². The summed E-state index contributed by atoms with van der Waals surface area (Å²) < 4.78 is 0. The maximum Gasteiger partial charge on any atom is 0.251 e. The Labute approximate surface area is 205 Å². The molecular formula is C30H42N2O2. The van der Waals surface area contributed by atoms with E-state index in [-0.39, 0.29) is 22.6 Å². The van der Waals surface area contributed by atoms with Crippen LogP contribution in [0.1, 0.15) is 99.1 Å². The van der Waals surface area contributed by atoms with Gasteiger partial charge in [-0.15, -0.1) is 0 Å². The van der Waals surface area contributed by atoms with Gasteiger partial charge in [-0.1, -0.05) is 72.2 Å². The Morgan fingerprint density at radius 3 is 1.35 bits per heavy atom. The minimum Gasteiger partial charge on any atom is -0.352 e. The molecule has 184 valence electrons. The second-order valence-electron chi connectivity index (χ2n) is 12.0. The van der Waals surface area contributed by atoms with Crippen molar-refractivity contribution in [2.45, 2.75) is 78.1 Å². The third-order valence-corrected chi connectivity index (χ3v) is 7.02. The molecule has 1 aliphatic rings. The Hall–Kier alpha value is -2.62. The average molecular weight is 463 g/mol. The van der Waals surface area contributed by atoms with Gasteiger partial charge in [0.25, 0.3) is 11.8 Å². The van der Waals surface area contributed by atoms with E-state index in [1.807, 2.05) is 48.5 Å². The zero-order chi connectivity index (χ0) is 24.9. The Morgan fingerprint density at radius 2 is 1.03 bits per heavy atom. The molecule has 2 amide bonds. The second-order valence-corrected chi connectivity index (χ2v) is 12.0. The Balaban J connectivity index is 1.45. The summed E-state index contributed by atoms with van der Waals surface area (Å²) in [5.41, 5.74) is 4.04. The molecule has 2 atom stereocenters. The van der Waals surface area contributed by atoms with Crippen LogP contribution in [0.25, 0.3) is 0 Å². The molecule has 4 nitrogen and oxygen atoms in total. The molecule has 0 radical (unpaired) electrons. The third kappa shape index (κ3) is 7.19. The Bertz CT molecular complexity index is 883. The fraction of sp³-hybridized carbons (Fsp3) is 0.533. The van der Waals surface area contributed by atoms with Crippen molar-refractivity contribution >= 4 is 11.8 Å². The SMILES string of the molecule is CC(C)(C)c1ccc(C(=O)NC[C@H]2CCC[C@H](CNC(=O)c3ccc(C(C)(C)C)cc3)C2)cc1. The fourth-order valence-corrected chi connectivity index (χ4v) is 4.69. The smallest absolute Gasteiger partial charge is 0.251 e. The van der Waals surface area contributed by atoms with Crippen molar-refractivity contribution in [3.8, 4) is 0 Å². The lowest BCUT2D eigenvalue weighted by Gasteiger charge is -2.29. The zero-order valence-corrected chi connectivity index (χ0v) is 21.8. The van der Waals surface area contributed by atoms with Crippen LogP contribution < -0.4 is 10.6 Å². The van der Waals surface area contributed by atoms with Crippen molar-refractivity contribution in [1.29, 1.82) is 0 Å². The van der Waals surface area contributed by atoms with E-state index in [0.717, 1.165) is 25.7 Å². The molecule has 0 aromatic heterocycles. The van der Waals surface area contributed by atoms with Crippen molar-refractivity contribution in [2.75, 3.05) is 13.1 Å². The van der Waals surface area contributed by atoms with Crippen LogP contribution in [0.5, 0.6) is 0 Å². The monoisotopic (exact) mass is 462 g/mol. The van der Waals surface area contributed by atoms with E-state index in [9.17, 15) is 9.59 Å². The highest BCUT2D eigenvalue weighted by Crippen LogP contribution is 2.29. The first-order chi connectivity index (χ1) is 15.9. The van der Waals surface area contributed by atoms with E-state index < -0.39 is 0 Å². The van der Waals surface area contributed by atoms with Crippen LogP contribution in [0.4, 0.5) is 0 Å². The van der Waals surface area contributed by atoms with Crippen molar-refractivity contribution in [2.24, 2.45) is 11.8 Å². The first-order valence-corrected chi connectivity index (χ1v) is 12.7. The predicted octanol–water partition coefficient (Wildman–Crippen LogP) is 6.25. The standard InChI is InChI=1S/C30H42N2O2/c1-29(2,3)25-14-10-23(11-15-25)27(33)31-19-21-8-7-9-22(18-21)20-32-28(34)24-12-16-26(17-13-24)30(4,5)6/h10-17,21-22H,7-9,18-20H2,1-6H3,(H,31,33)(H,32,34)/t21-,22-/m0/s1. The Morgan fingerprint density at radius 1 is 0.676 bits per heavy atom. The van der Waals surface area contributed by atoms with Crippen LogP contribution in [0.2, 0.25) is 0 Å². The molecule has 1 fully saturated rings. The van der Waals surface area contributed by atoms with Crippen LogP contribution in [0.15, 0.2) is 48.5 Å². The quantitative estimate of drug-likeness (QED) is 0.533. The van der Waals surface area contributed by atoms with Crippen LogP contribution in [0.3, 0.4) is 0 Å². The number of carbonyl (C=O) groups excluding carboxylic acids is 2. The van der Waals surface area contributed by atoms with Gasteiger partial charge in [0.15, 0.2) is 0 Å². The van der Waals surface area contributed by atoms with Gasteiger partial charge >= 0.3 is 0 Å². The first kappa shape index (κ1) is 26.0. The van der Waals surface area contributed by atoms with Gasteiger partial charge in [-0.25, -0.2) is 0 Å². The lowest BCUT2D eigenvalue weighted by atomic mass is 9.81. The molecule has 0 heterocycles. The minimum absolute atomic E-state index is 0.00501. The molecule has 0 aliphatic heterocycles. The highest BCUT2D eigenvalue weighted by molar-refractivity contribution is 5.94. The normalized spacial score (nSPS) is 18.9. The number of nitrogens with one attached hydrogen (secondary N) is 2. The highest BCUT2D eigenvalue weighted by Gasteiger charge is 2.23. The molecule has 34 heavy (non-hydrogen) atoms. The zero-order valence-electron chi connectivity index (χ0n) is 21.8. The maximum atomic E-state index is 12.6. The van der Waals surface area contributed by atoms with E-state index >= 15 is 0 Å². The van der Waals surface area contributed by atoms with Gasteiger partial charge in [-0.05, 0) is 77.3 Å². The van der Waals surface area contributed by atoms with E-state index in [4.69, 9.17) is 0 Å². The summed E-state index contributed by atoms with van der Waals surface area (Å²) in [6, 6.07) is 15.9. The number of amides is 2. The van der Waals surface area contributed by atoms with Crippen LogP contribution in [-0.2, 0) is 10.8 Å². The fourth-order valence-electron chi connectivity index (χ4n) is 4.69. The summed E-state index contributed by atoms with van der Waals surface area (Å²) in [5, 5.41) is 6.26. The van der Waals surface area contributed by atoms with Gasteiger partial charge in [-0.2, -0.15) is 0 Å².